The fourth-order valence-corrected chi connectivity index (χ4v) is 4.58. The van der Waals surface area contributed by atoms with Crippen LogP contribution in [0.4, 0.5) is 0 Å². The summed E-state index contributed by atoms with van der Waals surface area (Å²) in [4.78, 5) is 27.9. The molecule has 6 rings (SSSR count). The predicted octanol–water partition coefficient (Wildman–Crippen LogP) is 6.91. The average molecular weight is 441 g/mol. The van der Waals surface area contributed by atoms with Crippen LogP contribution in [0.25, 0.3) is 44.3 Å². The molecule has 162 valence electrons. The number of rotatable bonds is 2. The molecule has 0 aliphatic carbocycles. The Kier molecular flexibility index (Phi) is 4.70. The normalized spacial score (nSPS) is 11.2. The van der Waals surface area contributed by atoms with Crippen LogP contribution < -0.4 is 0 Å². The van der Waals surface area contributed by atoms with Crippen molar-refractivity contribution in [3.8, 4) is 22.5 Å². The maximum Gasteiger partial charge on any atom is 0.321 e. The Morgan fingerprint density at radius 3 is 1.21 bits per heavy atom. The van der Waals surface area contributed by atoms with E-state index in [9.17, 15) is 9.59 Å². The van der Waals surface area contributed by atoms with Gasteiger partial charge in [-0.2, -0.15) is 0 Å². The zero-order valence-corrected chi connectivity index (χ0v) is 18.3. The number of fused-ring (bicyclic) bond motifs is 2. The first-order chi connectivity index (χ1) is 16.7. The molecule has 2 aromatic heterocycles. The van der Waals surface area contributed by atoms with E-state index >= 15 is 0 Å². The number of nitrogens with zero attached hydrogens (tertiary/aromatic N) is 2. The highest BCUT2D eigenvalue weighted by Crippen LogP contribution is 2.31. The molecule has 0 unspecified atom stereocenters. The van der Waals surface area contributed by atoms with E-state index in [0.29, 0.717) is 22.4 Å². The van der Waals surface area contributed by atoms with Gasteiger partial charge in [-0.05, 0) is 35.4 Å². The van der Waals surface area contributed by atoms with E-state index in [-0.39, 0.29) is 0 Å². The van der Waals surface area contributed by atoms with Crippen molar-refractivity contribution in [1.29, 1.82) is 0 Å². The minimum absolute atomic E-state index is 0.599. The Labute approximate surface area is 196 Å². The van der Waals surface area contributed by atoms with Gasteiger partial charge in [0.15, 0.2) is 0 Å². The van der Waals surface area contributed by atoms with Crippen LogP contribution in [0.15, 0.2) is 121 Å². The molecule has 6 aromatic rings. The molecular formula is C30H20N2O2. The fourth-order valence-electron chi connectivity index (χ4n) is 4.58. The van der Waals surface area contributed by atoms with Crippen molar-refractivity contribution in [1.82, 2.24) is 9.13 Å². The van der Waals surface area contributed by atoms with Crippen LogP contribution in [-0.4, -0.2) is 20.9 Å². The van der Waals surface area contributed by atoms with E-state index in [1.807, 2.05) is 121 Å². The van der Waals surface area contributed by atoms with E-state index in [0.717, 1.165) is 21.9 Å². The number of hydrogen-bond acceptors (Lipinski definition) is 2. The van der Waals surface area contributed by atoms with E-state index in [4.69, 9.17) is 0 Å². The summed E-state index contributed by atoms with van der Waals surface area (Å²) in [5, 5.41) is 1.81. The van der Waals surface area contributed by atoms with E-state index in [2.05, 4.69) is 0 Å². The molecule has 34 heavy (non-hydrogen) atoms. The molecule has 0 radical (unpaired) electrons. The van der Waals surface area contributed by atoms with Crippen LogP contribution in [0.5, 0.6) is 0 Å². The molecule has 0 amide bonds. The van der Waals surface area contributed by atoms with Crippen LogP contribution in [0.2, 0.25) is 0 Å². The van der Waals surface area contributed by atoms with Gasteiger partial charge in [-0.25, -0.2) is 0 Å². The van der Waals surface area contributed by atoms with Crippen molar-refractivity contribution in [3.63, 3.8) is 0 Å². The summed E-state index contributed by atoms with van der Waals surface area (Å²) in [6.45, 7) is 0. The van der Waals surface area contributed by atoms with Gasteiger partial charge in [0.1, 0.15) is 0 Å². The SMILES string of the molecule is O=C(C(=O)n1c(-c2ccccc2)cc2ccccc21)n1c(-c2ccccc2)cc2ccccc21. The summed E-state index contributed by atoms with van der Waals surface area (Å²) in [6.07, 6.45) is 0. The first-order valence-electron chi connectivity index (χ1n) is 11.1. The standard InChI is InChI=1S/C30H20N2O2/c33-29(31-25-17-9-7-15-23(25)19-27(31)21-11-3-1-4-12-21)30(34)32-26-18-10-8-16-24(26)20-28(32)22-13-5-2-6-14-22/h1-20H. The fraction of sp³-hybridized carbons (Fsp3) is 0. The van der Waals surface area contributed by atoms with Crippen LogP contribution in [0.1, 0.15) is 9.59 Å². The van der Waals surface area contributed by atoms with Gasteiger partial charge < -0.3 is 0 Å². The summed E-state index contributed by atoms with van der Waals surface area (Å²) in [5.41, 5.74) is 4.55. The maximum atomic E-state index is 13.9. The number of carbonyl (C=O) groups is 2. The molecule has 0 saturated heterocycles. The van der Waals surface area contributed by atoms with Crippen molar-refractivity contribution in [2.45, 2.75) is 0 Å². The molecule has 4 nitrogen and oxygen atoms in total. The van der Waals surface area contributed by atoms with Crippen molar-refractivity contribution in [2.75, 3.05) is 0 Å². The summed E-state index contributed by atoms with van der Waals surface area (Å²) in [7, 11) is 0. The molecule has 2 heterocycles. The highest BCUT2D eigenvalue weighted by atomic mass is 16.2. The topological polar surface area (TPSA) is 44.0 Å². The van der Waals surface area contributed by atoms with Crippen molar-refractivity contribution >= 4 is 33.6 Å². The Balaban J connectivity index is 1.57. The number of carbonyl (C=O) groups excluding carboxylic acids is 2. The van der Waals surface area contributed by atoms with Gasteiger partial charge in [-0.3, -0.25) is 18.7 Å². The minimum Gasteiger partial charge on any atom is -0.272 e. The van der Waals surface area contributed by atoms with E-state index < -0.39 is 11.8 Å². The molecular weight excluding hydrogens is 420 g/mol. The Hall–Kier alpha value is -4.70. The lowest BCUT2D eigenvalue weighted by atomic mass is 10.1. The Morgan fingerprint density at radius 2 is 0.794 bits per heavy atom. The van der Waals surface area contributed by atoms with Gasteiger partial charge in [0, 0.05) is 10.8 Å². The first kappa shape index (κ1) is 19.9. The van der Waals surface area contributed by atoms with Gasteiger partial charge in [-0.1, -0.05) is 97.1 Å². The molecule has 0 saturated carbocycles. The molecule has 4 aromatic carbocycles. The number of para-hydroxylation sites is 2. The Morgan fingerprint density at radius 1 is 0.441 bits per heavy atom. The van der Waals surface area contributed by atoms with Crippen LogP contribution >= 0.6 is 0 Å². The third-order valence-electron chi connectivity index (χ3n) is 6.15. The molecule has 0 aliphatic rings. The second-order valence-electron chi connectivity index (χ2n) is 8.19. The summed E-state index contributed by atoms with van der Waals surface area (Å²) >= 11 is 0. The quantitative estimate of drug-likeness (QED) is 0.275. The molecule has 0 aliphatic heterocycles. The molecule has 0 atom stereocenters. The van der Waals surface area contributed by atoms with Gasteiger partial charge in [0.2, 0.25) is 0 Å². The van der Waals surface area contributed by atoms with Crippen LogP contribution in [-0.2, 0) is 0 Å². The van der Waals surface area contributed by atoms with Gasteiger partial charge in [0.25, 0.3) is 0 Å². The lowest BCUT2D eigenvalue weighted by Gasteiger charge is -2.13. The molecule has 0 spiro atoms. The summed E-state index contributed by atoms with van der Waals surface area (Å²) in [5.74, 6) is -1.20. The number of benzene rings is 4. The third kappa shape index (κ3) is 3.16. The lowest BCUT2D eigenvalue weighted by molar-refractivity contribution is 0.0725. The Bertz CT molecular complexity index is 1550. The number of aromatic nitrogens is 2. The summed E-state index contributed by atoms with van der Waals surface area (Å²) in [6, 6.07) is 38.6. The van der Waals surface area contributed by atoms with Crippen LogP contribution in [0, 0.1) is 0 Å². The first-order valence-corrected chi connectivity index (χ1v) is 11.1. The second kappa shape index (κ2) is 8.01. The van der Waals surface area contributed by atoms with Gasteiger partial charge in [-0.15, -0.1) is 0 Å². The summed E-state index contributed by atoms with van der Waals surface area (Å²) < 4.78 is 3.08. The predicted molar refractivity (Wildman–Crippen MR) is 136 cm³/mol. The third-order valence-corrected chi connectivity index (χ3v) is 6.15. The highest BCUT2D eigenvalue weighted by Gasteiger charge is 2.27. The monoisotopic (exact) mass is 440 g/mol. The van der Waals surface area contributed by atoms with E-state index in [1.165, 1.54) is 9.13 Å². The molecule has 4 heteroatoms. The largest absolute Gasteiger partial charge is 0.321 e. The minimum atomic E-state index is -0.599. The van der Waals surface area contributed by atoms with E-state index in [1.54, 1.807) is 0 Å². The highest BCUT2D eigenvalue weighted by molar-refractivity contribution is 6.40. The number of hydrogen-bond donors (Lipinski definition) is 0. The molecule has 0 N–H and O–H groups in total. The van der Waals surface area contributed by atoms with Crippen LogP contribution in [0.3, 0.4) is 0 Å². The zero-order valence-electron chi connectivity index (χ0n) is 18.3. The molecule has 0 bridgehead atoms. The van der Waals surface area contributed by atoms with Gasteiger partial charge in [0.05, 0.1) is 22.4 Å². The average Bonchev–Trinajstić information content (AvgIpc) is 3.48. The van der Waals surface area contributed by atoms with Gasteiger partial charge >= 0.3 is 11.8 Å². The maximum absolute atomic E-state index is 13.9. The molecule has 0 fully saturated rings. The second-order valence-corrected chi connectivity index (χ2v) is 8.19. The van der Waals surface area contributed by atoms with Crippen molar-refractivity contribution < 1.29 is 9.59 Å². The lowest BCUT2D eigenvalue weighted by Crippen LogP contribution is -2.28. The smallest absolute Gasteiger partial charge is 0.272 e. The van der Waals surface area contributed by atoms with Crippen molar-refractivity contribution in [2.24, 2.45) is 0 Å². The zero-order chi connectivity index (χ0) is 23.1. The van der Waals surface area contributed by atoms with Crippen molar-refractivity contribution in [3.05, 3.63) is 121 Å².